The lowest BCUT2D eigenvalue weighted by Gasteiger charge is -2.24. The van der Waals surface area contributed by atoms with Gasteiger partial charge in [0.25, 0.3) is 0 Å². The van der Waals surface area contributed by atoms with Crippen LogP contribution in [-0.4, -0.2) is 57.6 Å². The molecule has 0 bridgehead atoms. The van der Waals surface area contributed by atoms with E-state index in [1.165, 1.54) is 19.4 Å². The molecule has 154 valence electrons. The first kappa shape index (κ1) is 22.6. The summed E-state index contributed by atoms with van der Waals surface area (Å²) in [6, 6.07) is 4.69. The van der Waals surface area contributed by atoms with Gasteiger partial charge in [-0.2, -0.15) is 0 Å². The zero-order valence-corrected chi connectivity index (χ0v) is 19.4. The quantitative estimate of drug-likeness (QED) is 0.350. The third kappa shape index (κ3) is 5.91. The van der Waals surface area contributed by atoms with Gasteiger partial charge in [0.15, 0.2) is 5.96 Å². The molecule has 2 N–H and O–H groups in total. The van der Waals surface area contributed by atoms with Crippen molar-refractivity contribution in [1.82, 2.24) is 30.1 Å². The number of hydrogen-bond acceptors (Lipinski definition) is 4. The Morgan fingerprint density at radius 2 is 2.11 bits per heavy atom. The van der Waals surface area contributed by atoms with Gasteiger partial charge in [0.2, 0.25) is 0 Å². The van der Waals surface area contributed by atoms with Gasteiger partial charge in [0.1, 0.15) is 11.6 Å². The minimum Gasteiger partial charge on any atom is -0.357 e. The third-order valence-electron chi connectivity index (χ3n) is 5.06. The van der Waals surface area contributed by atoms with Crippen LogP contribution in [0.4, 0.5) is 0 Å². The van der Waals surface area contributed by atoms with Gasteiger partial charge in [0.05, 0.1) is 6.54 Å². The van der Waals surface area contributed by atoms with E-state index in [4.69, 9.17) is 4.99 Å². The number of aliphatic imine (C=N–C) groups is 1. The summed E-state index contributed by atoms with van der Waals surface area (Å²) in [5.74, 6) is 2.68. The fourth-order valence-electron chi connectivity index (χ4n) is 3.54. The highest BCUT2D eigenvalue weighted by atomic mass is 127. The molecule has 2 aromatic heterocycles. The second-order valence-corrected chi connectivity index (χ2v) is 6.87. The van der Waals surface area contributed by atoms with Crippen molar-refractivity contribution in [1.29, 1.82) is 0 Å². The summed E-state index contributed by atoms with van der Waals surface area (Å²) >= 11 is 0. The van der Waals surface area contributed by atoms with Gasteiger partial charge in [-0.05, 0) is 51.4 Å². The molecule has 0 radical (unpaired) electrons. The molecule has 7 nitrogen and oxygen atoms in total. The van der Waals surface area contributed by atoms with Gasteiger partial charge in [-0.1, -0.05) is 13.0 Å². The second kappa shape index (κ2) is 11.4. The van der Waals surface area contributed by atoms with E-state index in [9.17, 15) is 0 Å². The minimum atomic E-state index is 0. The topological polar surface area (TPSA) is 70.4 Å². The number of pyridine rings is 1. The van der Waals surface area contributed by atoms with Crippen LogP contribution in [0.2, 0.25) is 0 Å². The van der Waals surface area contributed by atoms with Crippen molar-refractivity contribution in [3.05, 3.63) is 42.1 Å². The van der Waals surface area contributed by atoms with E-state index in [1.807, 2.05) is 30.0 Å². The van der Waals surface area contributed by atoms with Crippen LogP contribution in [0.15, 0.2) is 35.7 Å². The van der Waals surface area contributed by atoms with E-state index >= 15 is 0 Å². The lowest BCUT2D eigenvalue weighted by Crippen LogP contribution is -2.44. The molecule has 1 atom stereocenters. The number of hydrogen-bond donors (Lipinski definition) is 2. The summed E-state index contributed by atoms with van der Waals surface area (Å²) < 4.78 is 1.97. The van der Waals surface area contributed by atoms with Crippen molar-refractivity contribution in [3.63, 3.8) is 0 Å². The van der Waals surface area contributed by atoms with Gasteiger partial charge >= 0.3 is 0 Å². The van der Waals surface area contributed by atoms with Crippen molar-refractivity contribution >= 4 is 29.9 Å². The Kier molecular flexibility index (Phi) is 9.17. The van der Waals surface area contributed by atoms with Crippen LogP contribution < -0.4 is 10.6 Å². The lowest BCUT2D eigenvalue weighted by molar-refractivity contribution is 0.267. The van der Waals surface area contributed by atoms with Crippen LogP contribution >= 0.6 is 24.0 Å². The molecule has 0 aliphatic carbocycles. The van der Waals surface area contributed by atoms with E-state index < -0.39 is 0 Å². The Morgan fingerprint density at radius 1 is 1.25 bits per heavy atom. The van der Waals surface area contributed by atoms with Crippen LogP contribution in [-0.2, 0) is 6.54 Å². The smallest absolute Gasteiger partial charge is 0.191 e. The first-order valence-corrected chi connectivity index (χ1v) is 9.92. The zero-order valence-electron chi connectivity index (χ0n) is 17.1. The molecule has 8 heteroatoms. The van der Waals surface area contributed by atoms with E-state index in [1.54, 1.807) is 6.20 Å². The Balaban J connectivity index is 0.00000280. The van der Waals surface area contributed by atoms with Gasteiger partial charge in [-0.3, -0.25) is 9.47 Å². The first-order chi connectivity index (χ1) is 13.2. The molecule has 3 rings (SSSR count). The normalized spacial score (nSPS) is 17.4. The average Bonchev–Trinajstić information content (AvgIpc) is 3.33. The average molecular weight is 497 g/mol. The first-order valence-electron chi connectivity index (χ1n) is 9.92. The van der Waals surface area contributed by atoms with Crippen molar-refractivity contribution < 1.29 is 0 Å². The molecule has 0 spiro atoms. The maximum atomic E-state index is 4.72. The number of halogens is 1. The van der Waals surface area contributed by atoms with E-state index in [-0.39, 0.29) is 24.0 Å². The van der Waals surface area contributed by atoms with Crippen LogP contribution in [0.25, 0.3) is 5.82 Å². The molecule has 3 heterocycles. The molecule has 0 aromatic carbocycles. The molecule has 1 saturated heterocycles. The predicted octanol–water partition coefficient (Wildman–Crippen LogP) is 2.73. The van der Waals surface area contributed by atoms with Gasteiger partial charge in [-0.15, -0.1) is 24.0 Å². The summed E-state index contributed by atoms with van der Waals surface area (Å²) in [4.78, 5) is 16.0. The largest absolute Gasteiger partial charge is 0.357 e. The maximum absolute atomic E-state index is 4.72. The third-order valence-corrected chi connectivity index (χ3v) is 5.06. The molecule has 1 aliphatic rings. The van der Waals surface area contributed by atoms with Gasteiger partial charge in [-0.25, -0.2) is 15.0 Å². The summed E-state index contributed by atoms with van der Waals surface area (Å²) in [7, 11) is 0. The van der Waals surface area contributed by atoms with Crippen molar-refractivity contribution in [2.75, 3.05) is 26.2 Å². The molecule has 0 saturated carbocycles. The number of aryl methyl sites for hydroxylation is 1. The van der Waals surface area contributed by atoms with Crippen LogP contribution in [0.3, 0.4) is 0 Å². The van der Waals surface area contributed by atoms with Gasteiger partial charge < -0.3 is 10.6 Å². The Hall–Kier alpha value is -1.68. The molecule has 1 fully saturated rings. The summed E-state index contributed by atoms with van der Waals surface area (Å²) in [6.45, 7) is 11.0. The highest BCUT2D eigenvalue weighted by Crippen LogP contribution is 2.15. The Labute approximate surface area is 185 Å². The highest BCUT2D eigenvalue weighted by molar-refractivity contribution is 14.0. The molecule has 1 aliphatic heterocycles. The number of rotatable bonds is 7. The van der Waals surface area contributed by atoms with E-state index in [2.05, 4.69) is 45.4 Å². The number of imidazole rings is 1. The van der Waals surface area contributed by atoms with Gasteiger partial charge in [0, 0.05) is 37.7 Å². The fraction of sp³-hybridized carbons (Fsp3) is 0.550. The Morgan fingerprint density at radius 3 is 2.75 bits per heavy atom. The molecular weight excluding hydrogens is 465 g/mol. The summed E-state index contributed by atoms with van der Waals surface area (Å²) in [5, 5.41) is 6.84. The minimum absolute atomic E-state index is 0. The highest BCUT2D eigenvalue weighted by Gasteiger charge is 2.22. The second-order valence-electron chi connectivity index (χ2n) is 6.87. The molecule has 28 heavy (non-hydrogen) atoms. The zero-order chi connectivity index (χ0) is 19.1. The predicted molar refractivity (Wildman–Crippen MR) is 125 cm³/mol. The number of aromatic nitrogens is 3. The number of guanidine groups is 1. The Bertz CT molecular complexity index is 741. The molecule has 0 amide bonds. The van der Waals surface area contributed by atoms with E-state index in [0.29, 0.717) is 12.6 Å². The number of nitrogens with one attached hydrogen (secondary N) is 2. The van der Waals surface area contributed by atoms with Crippen LogP contribution in [0.1, 0.15) is 38.1 Å². The summed E-state index contributed by atoms with van der Waals surface area (Å²) in [5.41, 5.74) is 1.09. The van der Waals surface area contributed by atoms with Crippen LogP contribution in [0, 0.1) is 6.92 Å². The molecule has 2 aromatic rings. The SMILES string of the molecule is CCNC(=NCc1ccc(-n2ccnc2C)nc1)NCC1CCCN1CC.I. The maximum Gasteiger partial charge on any atom is 0.191 e. The summed E-state index contributed by atoms with van der Waals surface area (Å²) in [6.07, 6.45) is 8.15. The number of nitrogens with zero attached hydrogens (tertiary/aromatic N) is 5. The molecule has 1 unspecified atom stereocenters. The number of likely N-dealkylation sites (N-methyl/N-ethyl adjacent to an activating group) is 1. The lowest BCUT2D eigenvalue weighted by atomic mass is 10.2. The van der Waals surface area contributed by atoms with Crippen molar-refractivity contribution in [3.8, 4) is 5.82 Å². The monoisotopic (exact) mass is 497 g/mol. The fourth-order valence-corrected chi connectivity index (χ4v) is 3.54. The van der Waals surface area contributed by atoms with Crippen LogP contribution in [0.5, 0.6) is 0 Å². The van der Waals surface area contributed by atoms with Crippen molar-refractivity contribution in [2.45, 2.75) is 46.2 Å². The number of likely N-dealkylation sites (tertiary alicyclic amines) is 1. The molecular formula is C20H32IN7. The standard InChI is InChI=1S/C20H31N7.HI/c1-4-21-20(25-15-18-7-6-11-26(18)5-2)24-14-17-8-9-19(23-13-17)27-12-10-22-16(27)3;/h8-10,12-13,18H,4-7,11,14-15H2,1-3H3,(H2,21,24,25);1H. The van der Waals surface area contributed by atoms with E-state index in [0.717, 1.165) is 42.8 Å². The van der Waals surface area contributed by atoms with Crippen molar-refractivity contribution in [2.24, 2.45) is 4.99 Å².